The molecule has 0 spiro atoms. The second kappa shape index (κ2) is 10.6. The molecule has 4 rings (SSSR count). The lowest BCUT2D eigenvalue weighted by atomic mass is 9.35. The molecule has 0 aromatic heterocycles. The summed E-state index contributed by atoms with van der Waals surface area (Å²) >= 11 is 0. The van der Waals surface area contributed by atoms with Crippen molar-refractivity contribution in [3.8, 4) is 0 Å². The van der Waals surface area contributed by atoms with Gasteiger partial charge in [0.15, 0.2) is 0 Å². The maximum absolute atomic E-state index is 7.58. The topological polar surface area (TPSA) is 18.5 Å². The van der Waals surface area contributed by atoms with Crippen LogP contribution in [0.3, 0.4) is 0 Å². The fourth-order valence-corrected chi connectivity index (χ4v) is 9.36. The molecular formula is C31H50B2O2. The zero-order chi connectivity index (χ0) is 25.4. The van der Waals surface area contributed by atoms with Crippen LogP contribution in [-0.4, -0.2) is 28.6 Å². The number of fused-ring (bicyclic) bond motifs is 5. The van der Waals surface area contributed by atoms with Crippen molar-refractivity contribution in [2.75, 3.05) is 6.61 Å². The van der Waals surface area contributed by atoms with E-state index in [-0.39, 0.29) is 16.8 Å². The van der Waals surface area contributed by atoms with E-state index in [1.54, 1.807) is 5.57 Å². The molecule has 7 unspecified atom stereocenters. The van der Waals surface area contributed by atoms with Crippen LogP contribution < -0.4 is 0 Å². The van der Waals surface area contributed by atoms with Crippen LogP contribution in [0.25, 0.3) is 0 Å². The molecule has 4 aliphatic rings. The van der Waals surface area contributed by atoms with Crippen LogP contribution in [0, 0.1) is 40.4 Å². The molecule has 0 aromatic carbocycles. The normalized spacial score (nSPS) is 42.1. The molecule has 8 atom stereocenters. The van der Waals surface area contributed by atoms with Crippen molar-refractivity contribution in [3.63, 3.8) is 0 Å². The van der Waals surface area contributed by atoms with Gasteiger partial charge in [-0.1, -0.05) is 70.8 Å². The number of ether oxygens (including phenoxy) is 1. The van der Waals surface area contributed by atoms with Crippen molar-refractivity contribution in [1.29, 1.82) is 0 Å². The molecule has 0 amide bonds. The number of hydrogen-bond acceptors (Lipinski definition) is 2. The summed E-state index contributed by atoms with van der Waals surface area (Å²) in [5.74, 6) is 3.75. The van der Waals surface area contributed by atoms with Crippen molar-refractivity contribution >= 4 is 15.9 Å². The van der Waals surface area contributed by atoms with Gasteiger partial charge in [0.1, 0.15) is 6.10 Å². The van der Waals surface area contributed by atoms with Gasteiger partial charge in [-0.15, -0.1) is 0 Å². The molecule has 0 N–H and O–H groups in total. The van der Waals surface area contributed by atoms with Gasteiger partial charge in [-0.25, -0.2) is 0 Å². The third-order valence-electron chi connectivity index (χ3n) is 11.2. The molecule has 4 aliphatic carbocycles. The highest BCUT2D eigenvalue weighted by molar-refractivity contribution is 6.16. The third-order valence-corrected chi connectivity index (χ3v) is 11.2. The highest BCUT2D eigenvalue weighted by atomic mass is 16.5. The van der Waals surface area contributed by atoms with E-state index in [1.807, 2.05) is 13.2 Å². The van der Waals surface area contributed by atoms with Crippen LogP contribution in [0.2, 0.25) is 5.31 Å². The van der Waals surface area contributed by atoms with Crippen LogP contribution in [-0.2, 0) is 9.39 Å². The monoisotopic (exact) mass is 476 g/mol. The lowest BCUT2D eigenvalue weighted by Crippen LogP contribution is -2.54. The summed E-state index contributed by atoms with van der Waals surface area (Å²) in [6.07, 6.45) is 18.6. The van der Waals surface area contributed by atoms with E-state index in [2.05, 4.69) is 40.7 Å². The summed E-state index contributed by atoms with van der Waals surface area (Å²) in [6, 6.07) is 0. The smallest absolute Gasteiger partial charge is 0.283 e. The van der Waals surface area contributed by atoms with Crippen molar-refractivity contribution in [1.82, 2.24) is 0 Å². The third kappa shape index (κ3) is 5.08. The first-order chi connectivity index (χ1) is 16.5. The SMILES string of the molecule is [B]OC/C(C)=C/OC1CCC2(C)C(=CCC3([B])C2CCC2(C)C([C@H](C)CCCC(C)C)CCC32)C1. The van der Waals surface area contributed by atoms with Crippen molar-refractivity contribution in [3.05, 3.63) is 23.5 Å². The van der Waals surface area contributed by atoms with Gasteiger partial charge in [-0.3, -0.25) is 0 Å². The Labute approximate surface area is 219 Å². The molecule has 0 bridgehead atoms. The Kier molecular flexibility index (Phi) is 8.32. The molecular weight excluding hydrogens is 426 g/mol. The Morgan fingerprint density at radius 1 is 1.09 bits per heavy atom. The van der Waals surface area contributed by atoms with Gasteiger partial charge in [0, 0.05) is 6.42 Å². The Hall–Kier alpha value is -0.630. The molecule has 3 saturated carbocycles. The standard InChI is InChI=1S/C31H50B2O2/c1-21(2)8-7-9-23(4)26-10-11-27-30(26,6)16-14-28-29(5)15-13-25(34-19-22(3)20-35-33)18-24(29)12-17-31(27,28)32/h12,19,21,23,25-28H,7-11,13-18,20H2,1-6H3/b22-19+/t23-,25?,26?,27?,28?,29?,30?,31?/m1/s1. The van der Waals surface area contributed by atoms with E-state index in [1.165, 1.54) is 51.4 Å². The van der Waals surface area contributed by atoms with Crippen LogP contribution in [0.1, 0.15) is 112 Å². The van der Waals surface area contributed by atoms with E-state index < -0.39 is 0 Å². The minimum absolute atomic E-state index is 0.0414. The number of hydrogen-bond donors (Lipinski definition) is 0. The predicted molar refractivity (Wildman–Crippen MR) is 148 cm³/mol. The molecule has 0 aliphatic heterocycles. The second-order valence-corrected chi connectivity index (χ2v) is 13.9. The first-order valence-electron chi connectivity index (χ1n) is 14.7. The average Bonchev–Trinajstić information content (AvgIpc) is 3.16. The van der Waals surface area contributed by atoms with Gasteiger partial charge in [-0.05, 0) is 97.9 Å². The maximum Gasteiger partial charge on any atom is 0.283 e. The Morgan fingerprint density at radius 2 is 1.86 bits per heavy atom. The molecule has 0 aromatic rings. The summed E-state index contributed by atoms with van der Waals surface area (Å²) in [4.78, 5) is 0. The van der Waals surface area contributed by atoms with Gasteiger partial charge < -0.3 is 9.39 Å². The quantitative estimate of drug-likeness (QED) is 0.190. The Balaban J connectivity index is 1.47. The van der Waals surface area contributed by atoms with Gasteiger partial charge in [0.05, 0.1) is 20.7 Å². The summed E-state index contributed by atoms with van der Waals surface area (Å²) < 4.78 is 10.9. The fraction of sp³-hybridized carbons (Fsp3) is 0.871. The van der Waals surface area contributed by atoms with Crippen LogP contribution in [0.4, 0.5) is 0 Å². The van der Waals surface area contributed by atoms with E-state index >= 15 is 0 Å². The van der Waals surface area contributed by atoms with E-state index in [9.17, 15) is 0 Å². The molecule has 4 heteroatoms. The first-order valence-corrected chi connectivity index (χ1v) is 14.7. The molecule has 35 heavy (non-hydrogen) atoms. The van der Waals surface area contributed by atoms with Crippen LogP contribution >= 0.6 is 0 Å². The van der Waals surface area contributed by atoms with Gasteiger partial charge in [0.25, 0.3) is 8.05 Å². The van der Waals surface area contributed by atoms with E-state index in [0.717, 1.165) is 42.6 Å². The summed E-state index contributed by atoms with van der Waals surface area (Å²) in [5, 5.41) is -0.0414. The Morgan fingerprint density at radius 3 is 2.57 bits per heavy atom. The number of allylic oxidation sites excluding steroid dienone is 1. The largest absolute Gasteiger partial charge is 0.498 e. The minimum Gasteiger partial charge on any atom is -0.498 e. The molecule has 0 heterocycles. The van der Waals surface area contributed by atoms with Crippen molar-refractivity contribution in [2.45, 2.75) is 124 Å². The molecule has 3 fully saturated rings. The number of rotatable bonds is 9. The Bertz CT molecular complexity index is 806. The second-order valence-electron chi connectivity index (χ2n) is 13.9. The summed E-state index contributed by atoms with van der Waals surface area (Å²) in [6.45, 7) is 14.8. The maximum atomic E-state index is 7.58. The van der Waals surface area contributed by atoms with E-state index in [0.29, 0.717) is 23.9 Å². The minimum atomic E-state index is -0.0414. The predicted octanol–water partition coefficient (Wildman–Crippen LogP) is 8.13. The lowest BCUT2D eigenvalue weighted by molar-refractivity contribution is -0.0482. The first kappa shape index (κ1) is 27.4. The summed E-state index contributed by atoms with van der Waals surface area (Å²) in [5.41, 5.74) is 3.29. The molecule has 2 nitrogen and oxygen atoms in total. The molecule has 192 valence electrons. The average molecular weight is 476 g/mol. The highest BCUT2D eigenvalue weighted by Gasteiger charge is 2.63. The van der Waals surface area contributed by atoms with Gasteiger partial charge in [0.2, 0.25) is 0 Å². The van der Waals surface area contributed by atoms with Gasteiger partial charge in [-0.2, -0.15) is 0 Å². The van der Waals surface area contributed by atoms with Crippen molar-refractivity contribution in [2.24, 2.45) is 40.4 Å². The van der Waals surface area contributed by atoms with Gasteiger partial charge >= 0.3 is 0 Å². The fourth-order valence-electron chi connectivity index (χ4n) is 9.36. The van der Waals surface area contributed by atoms with Crippen LogP contribution in [0.15, 0.2) is 23.5 Å². The highest BCUT2D eigenvalue weighted by Crippen LogP contribution is 2.74. The molecule has 4 radical (unpaired) electrons. The zero-order valence-corrected chi connectivity index (χ0v) is 23.6. The zero-order valence-electron chi connectivity index (χ0n) is 23.6. The van der Waals surface area contributed by atoms with Crippen molar-refractivity contribution < 1.29 is 9.39 Å². The molecule has 0 saturated heterocycles. The summed E-state index contributed by atoms with van der Waals surface area (Å²) in [7, 11) is 12.8. The van der Waals surface area contributed by atoms with E-state index in [4.69, 9.17) is 25.3 Å². The lowest BCUT2D eigenvalue weighted by Gasteiger charge is -2.64. The van der Waals surface area contributed by atoms with Crippen LogP contribution in [0.5, 0.6) is 0 Å².